The Balaban J connectivity index is 1.91. The van der Waals surface area contributed by atoms with Crippen molar-refractivity contribution in [2.75, 3.05) is 5.32 Å². The van der Waals surface area contributed by atoms with Crippen molar-refractivity contribution in [3.63, 3.8) is 0 Å². The van der Waals surface area contributed by atoms with E-state index in [2.05, 4.69) is 5.32 Å². The Hall–Kier alpha value is -2.11. The highest BCUT2D eigenvalue weighted by Gasteiger charge is 2.15. The third-order valence-corrected chi connectivity index (χ3v) is 4.29. The number of fused-ring (bicyclic) bond motifs is 1. The number of aryl methyl sites for hydroxylation is 1. The van der Waals surface area contributed by atoms with Gasteiger partial charge in [0.1, 0.15) is 5.69 Å². The summed E-state index contributed by atoms with van der Waals surface area (Å²) in [7, 11) is 0. The summed E-state index contributed by atoms with van der Waals surface area (Å²) in [6, 6.07) is 11.2. The molecular formula is C16H16N2O2S. The molecule has 0 saturated carbocycles. The minimum absolute atomic E-state index is 0.0369. The molecule has 0 radical (unpaired) electrons. The number of aromatic nitrogens is 1. The number of nitrogens with zero attached hydrogens (tertiary/aromatic N) is 1. The average Bonchev–Trinajstić information content (AvgIpc) is 3.07. The van der Waals surface area contributed by atoms with Crippen LogP contribution in [0.3, 0.4) is 0 Å². The van der Waals surface area contributed by atoms with E-state index >= 15 is 0 Å². The SMILES string of the molecule is CCn1c(C(=O)Nc2cccc(CO)c2)cc2sccc21. The van der Waals surface area contributed by atoms with E-state index in [1.807, 2.05) is 47.2 Å². The summed E-state index contributed by atoms with van der Waals surface area (Å²) in [6.45, 7) is 2.74. The van der Waals surface area contributed by atoms with Crippen LogP contribution < -0.4 is 5.32 Å². The molecule has 3 rings (SSSR count). The Morgan fingerprint density at radius 3 is 2.95 bits per heavy atom. The van der Waals surface area contributed by atoms with Crippen LogP contribution in [0.25, 0.3) is 10.2 Å². The number of hydrogen-bond donors (Lipinski definition) is 2. The number of aliphatic hydroxyl groups excluding tert-OH is 1. The van der Waals surface area contributed by atoms with E-state index in [0.29, 0.717) is 11.4 Å². The van der Waals surface area contributed by atoms with Crippen LogP contribution in [-0.2, 0) is 13.2 Å². The number of carbonyl (C=O) groups excluding carboxylic acids is 1. The number of amides is 1. The van der Waals surface area contributed by atoms with Crippen molar-refractivity contribution in [3.05, 3.63) is 53.0 Å². The fraction of sp³-hybridized carbons (Fsp3) is 0.188. The molecule has 0 aliphatic rings. The molecule has 0 atom stereocenters. The highest BCUT2D eigenvalue weighted by Crippen LogP contribution is 2.26. The monoisotopic (exact) mass is 300 g/mol. The minimum atomic E-state index is -0.129. The Bertz CT molecular complexity index is 789. The molecule has 0 aliphatic carbocycles. The molecule has 0 unspecified atom stereocenters. The van der Waals surface area contributed by atoms with Gasteiger partial charge in [0.15, 0.2) is 0 Å². The quantitative estimate of drug-likeness (QED) is 0.775. The highest BCUT2D eigenvalue weighted by molar-refractivity contribution is 7.17. The van der Waals surface area contributed by atoms with Gasteiger partial charge in [-0.2, -0.15) is 0 Å². The molecule has 3 aromatic rings. The Morgan fingerprint density at radius 2 is 2.19 bits per heavy atom. The summed E-state index contributed by atoms with van der Waals surface area (Å²) in [4.78, 5) is 12.5. The normalized spacial score (nSPS) is 11.0. The molecule has 4 nitrogen and oxygen atoms in total. The standard InChI is InChI=1S/C16H16N2O2S/c1-2-18-13-6-7-21-15(13)9-14(18)16(20)17-12-5-3-4-11(8-12)10-19/h3-9,19H,2,10H2,1H3,(H,17,20). The van der Waals surface area contributed by atoms with Crippen LogP contribution in [0.5, 0.6) is 0 Å². The second kappa shape index (κ2) is 5.71. The van der Waals surface area contributed by atoms with Gasteiger partial charge >= 0.3 is 0 Å². The van der Waals surface area contributed by atoms with Crippen LogP contribution in [0.4, 0.5) is 5.69 Å². The van der Waals surface area contributed by atoms with Crippen molar-refractivity contribution in [2.24, 2.45) is 0 Å². The van der Waals surface area contributed by atoms with Crippen LogP contribution >= 0.6 is 11.3 Å². The Morgan fingerprint density at radius 1 is 1.33 bits per heavy atom. The number of rotatable bonds is 4. The molecule has 0 saturated heterocycles. The zero-order chi connectivity index (χ0) is 14.8. The molecule has 21 heavy (non-hydrogen) atoms. The Labute approximate surface area is 126 Å². The maximum Gasteiger partial charge on any atom is 0.272 e. The van der Waals surface area contributed by atoms with Gasteiger partial charge < -0.3 is 15.0 Å². The summed E-state index contributed by atoms with van der Waals surface area (Å²) in [5.74, 6) is -0.129. The lowest BCUT2D eigenvalue weighted by Gasteiger charge is -2.09. The summed E-state index contributed by atoms with van der Waals surface area (Å²) >= 11 is 1.63. The van der Waals surface area contributed by atoms with Gasteiger partial charge in [0.25, 0.3) is 5.91 Å². The zero-order valence-corrected chi connectivity index (χ0v) is 12.5. The molecule has 0 bridgehead atoms. The molecular weight excluding hydrogens is 284 g/mol. The van der Waals surface area contributed by atoms with Gasteiger partial charge in [-0.3, -0.25) is 4.79 Å². The lowest BCUT2D eigenvalue weighted by atomic mass is 10.2. The molecule has 1 aromatic carbocycles. The van der Waals surface area contributed by atoms with E-state index in [9.17, 15) is 4.79 Å². The largest absolute Gasteiger partial charge is 0.392 e. The van der Waals surface area contributed by atoms with Gasteiger partial charge in [0.2, 0.25) is 0 Å². The summed E-state index contributed by atoms with van der Waals surface area (Å²) in [5.41, 5.74) is 3.23. The van der Waals surface area contributed by atoms with Gasteiger partial charge in [-0.15, -0.1) is 11.3 Å². The van der Waals surface area contributed by atoms with Gasteiger partial charge in [0, 0.05) is 12.2 Å². The molecule has 5 heteroatoms. The molecule has 2 N–H and O–H groups in total. The Kier molecular flexibility index (Phi) is 3.77. The first-order valence-corrected chi connectivity index (χ1v) is 7.68. The highest BCUT2D eigenvalue weighted by atomic mass is 32.1. The summed E-state index contributed by atoms with van der Waals surface area (Å²) in [5, 5.41) is 14.1. The van der Waals surface area contributed by atoms with Gasteiger partial charge in [0.05, 0.1) is 16.8 Å². The van der Waals surface area contributed by atoms with Crippen molar-refractivity contribution in [2.45, 2.75) is 20.1 Å². The zero-order valence-electron chi connectivity index (χ0n) is 11.7. The fourth-order valence-corrected chi connectivity index (χ4v) is 3.27. The number of nitrogens with one attached hydrogen (secondary N) is 1. The van der Waals surface area contributed by atoms with Crippen LogP contribution in [0.1, 0.15) is 23.0 Å². The third-order valence-electron chi connectivity index (χ3n) is 3.44. The third kappa shape index (κ3) is 2.57. The van der Waals surface area contributed by atoms with E-state index in [0.717, 1.165) is 22.3 Å². The maximum absolute atomic E-state index is 12.5. The first kappa shape index (κ1) is 13.9. The second-order valence-corrected chi connectivity index (χ2v) is 5.70. The number of aliphatic hydroxyl groups is 1. The van der Waals surface area contributed by atoms with E-state index in [4.69, 9.17) is 5.11 Å². The molecule has 0 aliphatic heterocycles. The lowest BCUT2D eigenvalue weighted by Crippen LogP contribution is -2.16. The number of anilines is 1. The fourth-order valence-electron chi connectivity index (χ4n) is 2.45. The van der Waals surface area contributed by atoms with Gasteiger partial charge in [-0.05, 0) is 42.1 Å². The van der Waals surface area contributed by atoms with E-state index < -0.39 is 0 Å². The predicted octanol–water partition coefficient (Wildman–Crippen LogP) is 3.47. The van der Waals surface area contributed by atoms with Gasteiger partial charge in [-0.1, -0.05) is 12.1 Å². The van der Waals surface area contributed by atoms with Crippen LogP contribution in [0.15, 0.2) is 41.8 Å². The summed E-state index contributed by atoms with van der Waals surface area (Å²) < 4.78 is 3.13. The molecule has 0 fully saturated rings. The smallest absolute Gasteiger partial charge is 0.272 e. The minimum Gasteiger partial charge on any atom is -0.392 e. The van der Waals surface area contributed by atoms with Crippen molar-refractivity contribution in [1.29, 1.82) is 0 Å². The number of carbonyl (C=O) groups is 1. The molecule has 0 spiro atoms. The molecule has 2 heterocycles. The summed E-state index contributed by atoms with van der Waals surface area (Å²) in [6.07, 6.45) is 0. The molecule has 2 aromatic heterocycles. The van der Waals surface area contributed by atoms with Crippen LogP contribution in [-0.4, -0.2) is 15.6 Å². The number of thiophene rings is 1. The van der Waals surface area contributed by atoms with E-state index in [-0.39, 0.29) is 12.5 Å². The first-order chi connectivity index (χ1) is 10.2. The van der Waals surface area contributed by atoms with Crippen molar-refractivity contribution in [1.82, 2.24) is 4.57 Å². The number of hydrogen-bond acceptors (Lipinski definition) is 3. The first-order valence-electron chi connectivity index (χ1n) is 6.81. The molecule has 108 valence electrons. The van der Waals surface area contributed by atoms with Crippen LogP contribution in [0, 0.1) is 0 Å². The second-order valence-electron chi connectivity index (χ2n) is 4.76. The van der Waals surface area contributed by atoms with Gasteiger partial charge in [-0.25, -0.2) is 0 Å². The van der Waals surface area contributed by atoms with E-state index in [1.165, 1.54) is 0 Å². The number of benzene rings is 1. The topological polar surface area (TPSA) is 54.3 Å². The lowest BCUT2D eigenvalue weighted by molar-refractivity contribution is 0.101. The average molecular weight is 300 g/mol. The molecule has 1 amide bonds. The maximum atomic E-state index is 12.5. The van der Waals surface area contributed by atoms with Crippen molar-refractivity contribution in [3.8, 4) is 0 Å². The predicted molar refractivity (Wildman–Crippen MR) is 85.8 cm³/mol. The van der Waals surface area contributed by atoms with Crippen molar-refractivity contribution >= 4 is 33.1 Å². The van der Waals surface area contributed by atoms with Crippen LogP contribution in [0.2, 0.25) is 0 Å². The van der Waals surface area contributed by atoms with Crippen molar-refractivity contribution < 1.29 is 9.90 Å². The van der Waals surface area contributed by atoms with E-state index in [1.54, 1.807) is 17.4 Å².